The molecule has 0 atom stereocenters. The van der Waals surface area contributed by atoms with Gasteiger partial charge in [0.15, 0.2) is 0 Å². The van der Waals surface area contributed by atoms with E-state index in [1.165, 1.54) is 0 Å². The number of carbonyl (C=O) groups is 1. The number of benzene rings is 1. The molecule has 0 aliphatic carbocycles. The molecule has 1 rings (SSSR count). The van der Waals surface area contributed by atoms with Crippen LogP contribution in [0, 0.1) is 0 Å². The Morgan fingerprint density at radius 2 is 2.18 bits per heavy atom. The van der Waals surface area contributed by atoms with E-state index in [1.807, 2.05) is 19.1 Å². The fraction of sp³-hybridized carbons (Fsp3) is 0.308. The van der Waals surface area contributed by atoms with Gasteiger partial charge in [0.25, 0.3) is 0 Å². The molecule has 0 bridgehead atoms. The Kier molecular flexibility index (Phi) is 5.07. The van der Waals surface area contributed by atoms with Crippen molar-refractivity contribution in [3.05, 3.63) is 36.4 Å². The third-order valence-corrected chi connectivity index (χ3v) is 2.09. The average Bonchev–Trinajstić information content (AvgIpc) is 2.29. The highest BCUT2D eigenvalue weighted by molar-refractivity contribution is 5.76. The van der Waals surface area contributed by atoms with Crippen molar-refractivity contribution in [1.82, 2.24) is 5.32 Å². The van der Waals surface area contributed by atoms with Gasteiger partial charge in [-0.15, -0.1) is 0 Å². The second-order valence-corrected chi connectivity index (χ2v) is 3.87. The number of amides is 1. The van der Waals surface area contributed by atoms with Gasteiger partial charge in [0.05, 0.1) is 18.7 Å². The van der Waals surface area contributed by atoms with Gasteiger partial charge in [-0.2, -0.15) is 0 Å². The number of anilines is 1. The third-order valence-electron chi connectivity index (χ3n) is 2.09. The normalized spacial score (nSPS) is 9.71. The van der Waals surface area contributed by atoms with E-state index in [9.17, 15) is 4.79 Å². The Morgan fingerprint density at radius 3 is 2.82 bits per heavy atom. The first-order valence-corrected chi connectivity index (χ1v) is 5.48. The fourth-order valence-electron chi connectivity index (χ4n) is 1.20. The summed E-state index contributed by atoms with van der Waals surface area (Å²) in [5.41, 5.74) is 7.20. The van der Waals surface area contributed by atoms with E-state index < -0.39 is 0 Å². The average molecular weight is 234 g/mol. The van der Waals surface area contributed by atoms with Crippen LogP contribution in [0.25, 0.3) is 0 Å². The zero-order valence-electron chi connectivity index (χ0n) is 10.0. The molecule has 0 unspecified atom stereocenters. The summed E-state index contributed by atoms with van der Waals surface area (Å²) in [6, 6.07) is 7.21. The summed E-state index contributed by atoms with van der Waals surface area (Å²) in [7, 11) is 0. The summed E-state index contributed by atoms with van der Waals surface area (Å²) >= 11 is 0. The van der Waals surface area contributed by atoms with E-state index in [-0.39, 0.29) is 5.91 Å². The molecule has 17 heavy (non-hydrogen) atoms. The van der Waals surface area contributed by atoms with E-state index in [0.717, 1.165) is 5.57 Å². The van der Waals surface area contributed by atoms with Crippen molar-refractivity contribution in [2.75, 3.05) is 18.9 Å². The van der Waals surface area contributed by atoms with Gasteiger partial charge < -0.3 is 15.8 Å². The summed E-state index contributed by atoms with van der Waals surface area (Å²) in [5, 5.41) is 2.73. The van der Waals surface area contributed by atoms with E-state index in [0.29, 0.717) is 31.0 Å². The minimum atomic E-state index is -0.0532. The topological polar surface area (TPSA) is 64.3 Å². The van der Waals surface area contributed by atoms with Gasteiger partial charge in [0.1, 0.15) is 5.75 Å². The number of hydrogen-bond donors (Lipinski definition) is 2. The predicted octanol–water partition coefficient (Wildman–Crippen LogP) is 1.73. The fourth-order valence-corrected chi connectivity index (χ4v) is 1.20. The SMILES string of the molecule is C=C(C)CNC(=O)CCOc1ccccc1N. The summed E-state index contributed by atoms with van der Waals surface area (Å²) in [6.45, 7) is 6.39. The summed E-state index contributed by atoms with van der Waals surface area (Å²) < 4.78 is 5.41. The molecule has 0 aliphatic heterocycles. The number of ether oxygens (including phenoxy) is 1. The second kappa shape index (κ2) is 6.58. The number of nitrogens with one attached hydrogen (secondary N) is 1. The second-order valence-electron chi connectivity index (χ2n) is 3.87. The number of hydrogen-bond acceptors (Lipinski definition) is 3. The van der Waals surface area contributed by atoms with Gasteiger partial charge in [-0.05, 0) is 19.1 Å². The molecular formula is C13H18N2O2. The first-order valence-electron chi connectivity index (χ1n) is 5.48. The van der Waals surface area contributed by atoms with E-state index in [1.54, 1.807) is 12.1 Å². The Hall–Kier alpha value is -1.97. The van der Waals surface area contributed by atoms with Crippen LogP contribution in [0.2, 0.25) is 0 Å². The molecule has 1 aromatic carbocycles. The van der Waals surface area contributed by atoms with E-state index in [2.05, 4.69) is 11.9 Å². The Labute approximate surface area is 101 Å². The summed E-state index contributed by atoms with van der Waals surface area (Å²) in [5.74, 6) is 0.558. The van der Waals surface area contributed by atoms with Crippen molar-refractivity contribution in [3.63, 3.8) is 0 Å². The van der Waals surface area contributed by atoms with E-state index >= 15 is 0 Å². The van der Waals surface area contributed by atoms with Crippen LogP contribution in [0.3, 0.4) is 0 Å². The molecule has 0 saturated heterocycles. The van der Waals surface area contributed by atoms with Gasteiger partial charge in [-0.1, -0.05) is 24.3 Å². The van der Waals surface area contributed by atoms with Crippen LogP contribution in [0.15, 0.2) is 36.4 Å². The van der Waals surface area contributed by atoms with Crippen molar-refractivity contribution in [2.24, 2.45) is 0 Å². The molecule has 0 saturated carbocycles. The highest BCUT2D eigenvalue weighted by atomic mass is 16.5. The largest absolute Gasteiger partial charge is 0.491 e. The lowest BCUT2D eigenvalue weighted by Gasteiger charge is -2.08. The molecule has 4 heteroatoms. The van der Waals surface area contributed by atoms with Gasteiger partial charge >= 0.3 is 0 Å². The molecule has 1 amide bonds. The van der Waals surface area contributed by atoms with Crippen LogP contribution in [0.4, 0.5) is 5.69 Å². The molecule has 3 N–H and O–H groups in total. The zero-order valence-corrected chi connectivity index (χ0v) is 10.0. The highest BCUT2D eigenvalue weighted by Crippen LogP contribution is 2.19. The molecule has 0 aromatic heterocycles. The quantitative estimate of drug-likeness (QED) is 0.582. The van der Waals surface area contributed by atoms with Gasteiger partial charge in [0.2, 0.25) is 5.91 Å². The van der Waals surface area contributed by atoms with Gasteiger partial charge in [0, 0.05) is 6.54 Å². The molecule has 1 aromatic rings. The third kappa shape index (κ3) is 5.06. The monoisotopic (exact) mass is 234 g/mol. The molecule has 0 heterocycles. The zero-order chi connectivity index (χ0) is 12.7. The van der Waals surface area contributed by atoms with Crippen molar-refractivity contribution < 1.29 is 9.53 Å². The molecule has 92 valence electrons. The van der Waals surface area contributed by atoms with Crippen LogP contribution < -0.4 is 15.8 Å². The minimum absolute atomic E-state index is 0.0532. The Balaban J connectivity index is 2.26. The summed E-state index contributed by atoms with van der Waals surface area (Å²) in [4.78, 5) is 11.4. The number of para-hydroxylation sites is 2. The Morgan fingerprint density at radius 1 is 1.47 bits per heavy atom. The molecule has 0 fully saturated rings. The molecule has 0 radical (unpaired) electrons. The molecule has 0 spiro atoms. The molecular weight excluding hydrogens is 216 g/mol. The lowest BCUT2D eigenvalue weighted by Crippen LogP contribution is -2.26. The maximum Gasteiger partial charge on any atom is 0.223 e. The number of carbonyl (C=O) groups excluding carboxylic acids is 1. The smallest absolute Gasteiger partial charge is 0.223 e. The Bertz CT molecular complexity index is 402. The molecule has 0 aliphatic rings. The molecule has 4 nitrogen and oxygen atoms in total. The van der Waals surface area contributed by atoms with Crippen molar-refractivity contribution in [2.45, 2.75) is 13.3 Å². The van der Waals surface area contributed by atoms with Crippen LogP contribution in [0.1, 0.15) is 13.3 Å². The number of nitrogen functional groups attached to an aromatic ring is 1. The maximum absolute atomic E-state index is 11.4. The first-order chi connectivity index (χ1) is 8.09. The first kappa shape index (κ1) is 13.1. The number of rotatable bonds is 6. The minimum Gasteiger partial charge on any atom is -0.491 e. The van der Waals surface area contributed by atoms with Crippen LogP contribution in [-0.4, -0.2) is 19.1 Å². The van der Waals surface area contributed by atoms with Crippen LogP contribution in [0.5, 0.6) is 5.75 Å². The van der Waals surface area contributed by atoms with Crippen molar-refractivity contribution in [3.8, 4) is 5.75 Å². The van der Waals surface area contributed by atoms with Gasteiger partial charge in [-0.25, -0.2) is 0 Å². The maximum atomic E-state index is 11.4. The van der Waals surface area contributed by atoms with Crippen molar-refractivity contribution in [1.29, 1.82) is 0 Å². The van der Waals surface area contributed by atoms with Crippen LogP contribution >= 0.6 is 0 Å². The predicted molar refractivity (Wildman–Crippen MR) is 68.8 cm³/mol. The summed E-state index contributed by atoms with van der Waals surface area (Å²) in [6.07, 6.45) is 0.307. The van der Waals surface area contributed by atoms with Crippen molar-refractivity contribution >= 4 is 11.6 Å². The standard InChI is InChI=1S/C13H18N2O2/c1-10(2)9-15-13(16)7-8-17-12-6-4-3-5-11(12)14/h3-6H,1,7-9,14H2,2H3,(H,15,16). The van der Waals surface area contributed by atoms with Gasteiger partial charge in [-0.3, -0.25) is 4.79 Å². The lowest BCUT2D eigenvalue weighted by molar-refractivity contribution is -0.121. The lowest BCUT2D eigenvalue weighted by atomic mass is 10.3. The van der Waals surface area contributed by atoms with E-state index in [4.69, 9.17) is 10.5 Å². The highest BCUT2D eigenvalue weighted by Gasteiger charge is 2.02. The number of nitrogens with two attached hydrogens (primary N) is 1. The van der Waals surface area contributed by atoms with Crippen LogP contribution in [-0.2, 0) is 4.79 Å².